The Morgan fingerprint density at radius 2 is 1.76 bits per heavy atom. The number of fused-ring (bicyclic) bond motifs is 1. The lowest BCUT2D eigenvalue weighted by Crippen LogP contribution is -2.50. The number of nitrogens with one attached hydrogen (secondary N) is 1. The number of halogens is 1. The zero-order valence-corrected chi connectivity index (χ0v) is 13.1. The molecule has 108 valence electrons. The van der Waals surface area contributed by atoms with E-state index in [0.717, 1.165) is 22.1 Å². The van der Waals surface area contributed by atoms with E-state index in [1.807, 2.05) is 42.5 Å². The number of hydrogen-bond donors (Lipinski definition) is 2. The summed E-state index contributed by atoms with van der Waals surface area (Å²) in [6.45, 7) is 0. The van der Waals surface area contributed by atoms with E-state index in [0.29, 0.717) is 12.8 Å². The van der Waals surface area contributed by atoms with Gasteiger partial charge in [-0.2, -0.15) is 0 Å². The molecule has 1 unspecified atom stereocenters. The van der Waals surface area contributed by atoms with E-state index in [4.69, 9.17) is 0 Å². The topological polar surface area (TPSA) is 49.3 Å². The molecule has 3 rings (SSSR count). The highest BCUT2D eigenvalue weighted by Gasteiger charge is 2.41. The molecule has 0 spiro atoms. The first kappa shape index (κ1) is 14.1. The van der Waals surface area contributed by atoms with Crippen LogP contribution in [0.15, 0.2) is 53.0 Å². The zero-order valence-electron chi connectivity index (χ0n) is 11.5. The van der Waals surface area contributed by atoms with Crippen LogP contribution < -0.4 is 5.32 Å². The normalized spacial score (nSPS) is 20.6. The van der Waals surface area contributed by atoms with E-state index in [-0.39, 0.29) is 0 Å². The van der Waals surface area contributed by atoms with Gasteiger partial charge < -0.3 is 10.4 Å². The van der Waals surface area contributed by atoms with Crippen LogP contribution in [0.3, 0.4) is 0 Å². The minimum absolute atomic E-state index is 0.509. The molecule has 4 heteroatoms. The van der Waals surface area contributed by atoms with E-state index in [1.54, 1.807) is 0 Å². The minimum Gasteiger partial charge on any atom is -0.479 e. The van der Waals surface area contributed by atoms with Gasteiger partial charge in [-0.15, -0.1) is 0 Å². The molecule has 1 aliphatic carbocycles. The Morgan fingerprint density at radius 1 is 1.10 bits per heavy atom. The van der Waals surface area contributed by atoms with Gasteiger partial charge in [-0.05, 0) is 48.2 Å². The molecule has 0 aromatic heterocycles. The Bertz CT molecular complexity index is 669. The first-order chi connectivity index (χ1) is 10.1. The Kier molecular flexibility index (Phi) is 3.72. The van der Waals surface area contributed by atoms with E-state index in [1.165, 1.54) is 5.56 Å². The fraction of sp³-hybridized carbons (Fsp3) is 0.235. The van der Waals surface area contributed by atoms with Crippen molar-refractivity contribution in [3.05, 3.63) is 64.1 Å². The lowest BCUT2D eigenvalue weighted by Gasteiger charge is -2.36. The summed E-state index contributed by atoms with van der Waals surface area (Å²) in [6.07, 6.45) is 1.88. The first-order valence-electron chi connectivity index (χ1n) is 6.93. The number of hydrogen-bond acceptors (Lipinski definition) is 2. The van der Waals surface area contributed by atoms with Crippen molar-refractivity contribution in [1.29, 1.82) is 0 Å². The Balaban J connectivity index is 1.91. The summed E-state index contributed by atoms with van der Waals surface area (Å²) in [5.74, 6) is -0.792. The van der Waals surface area contributed by atoms with Crippen molar-refractivity contribution in [1.82, 2.24) is 0 Å². The van der Waals surface area contributed by atoms with Crippen LogP contribution in [0.5, 0.6) is 0 Å². The molecule has 0 heterocycles. The van der Waals surface area contributed by atoms with Crippen molar-refractivity contribution < 1.29 is 9.90 Å². The molecule has 0 radical (unpaired) electrons. The quantitative estimate of drug-likeness (QED) is 0.887. The van der Waals surface area contributed by atoms with Crippen LogP contribution in [0.2, 0.25) is 0 Å². The number of rotatable bonds is 3. The Hall–Kier alpha value is -1.81. The van der Waals surface area contributed by atoms with Crippen molar-refractivity contribution >= 4 is 27.6 Å². The molecular formula is C17H16BrNO2. The van der Waals surface area contributed by atoms with Gasteiger partial charge in [-0.3, -0.25) is 0 Å². The molecule has 3 nitrogen and oxygen atoms in total. The van der Waals surface area contributed by atoms with Gasteiger partial charge in [-0.25, -0.2) is 4.79 Å². The summed E-state index contributed by atoms with van der Waals surface area (Å²) in [6, 6.07) is 15.7. The monoisotopic (exact) mass is 345 g/mol. The maximum absolute atomic E-state index is 11.9. The smallest absolute Gasteiger partial charge is 0.329 e. The summed E-state index contributed by atoms with van der Waals surface area (Å²) in [5, 5.41) is 13.0. The van der Waals surface area contributed by atoms with Crippen molar-refractivity contribution in [2.24, 2.45) is 0 Å². The maximum Gasteiger partial charge on any atom is 0.329 e. The van der Waals surface area contributed by atoms with Gasteiger partial charge in [0.2, 0.25) is 0 Å². The molecule has 1 atom stereocenters. The number of carboxylic acid groups (broad SMARTS) is 1. The van der Waals surface area contributed by atoms with Crippen molar-refractivity contribution in [2.45, 2.75) is 24.8 Å². The zero-order chi connectivity index (χ0) is 14.9. The second-order valence-corrected chi connectivity index (χ2v) is 6.38. The first-order valence-corrected chi connectivity index (χ1v) is 7.72. The predicted octanol–water partition coefficient (Wildman–Crippen LogP) is 3.87. The van der Waals surface area contributed by atoms with Crippen LogP contribution in [-0.2, 0) is 17.6 Å². The summed E-state index contributed by atoms with van der Waals surface area (Å²) >= 11 is 3.39. The summed E-state index contributed by atoms with van der Waals surface area (Å²) in [7, 11) is 0. The van der Waals surface area contributed by atoms with Gasteiger partial charge in [0.15, 0.2) is 0 Å². The molecule has 21 heavy (non-hydrogen) atoms. The van der Waals surface area contributed by atoms with Crippen LogP contribution in [-0.4, -0.2) is 16.6 Å². The van der Waals surface area contributed by atoms with E-state index < -0.39 is 11.5 Å². The average Bonchev–Trinajstić information content (AvgIpc) is 2.49. The molecule has 0 fully saturated rings. The number of aliphatic carboxylic acids is 1. The highest BCUT2D eigenvalue weighted by atomic mass is 79.9. The van der Waals surface area contributed by atoms with Gasteiger partial charge >= 0.3 is 5.97 Å². The summed E-state index contributed by atoms with van der Waals surface area (Å²) in [4.78, 5) is 11.9. The fourth-order valence-corrected chi connectivity index (χ4v) is 3.15. The third-order valence-electron chi connectivity index (χ3n) is 4.07. The van der Waals surface area contributed by atoms with Gasteiger partial charge in [0, 0.05) is 16.6 Å². The van der Waals surface area contributed by atoms with Gasteiger partial charge in [0.25, 0.3) is 0 Å². The molecule has 2 N–H and O–H groups in total. The van der Waals surface area contributed by atoms with Crippen LogP contribution in [0.25, 0.3) is 0 Å². The minimum atomic E-state index is -0.928. The second kappa shape index (κ2) is 5.53. The Labute approximate surface area is 132 Å². The third-order valence-corrected chi connectivity index (χ3v) is 4.60. The van der Waals surface area contributed by atoms with Crippen molar-refractivity contribution in [3.63, 3.8) is 0 Å². The maximum atomic E-state index is 11.9. The molecule has 0 saturated heterocycles. The number of aryl methyl sites for hydroxylation is 1. The average molecular weight is 346 g/mol. The number of anilines is 1. The van der Waals surface area contributed by atoms with E-state index >= 15 is 0 Å². The SMILES string of the molecule is O=C(O)C1(Nc2ccc(Br)cc2)CCc2ccccc2C1. The molecule has 0 aliphatic heterocycles. The van der Waals surface area contributed by atoms with Crippen LogP contribution in [0.1, 0.15) is 17.5 Å². The second-order valence-electron chi connectivity index (χ2n) is 5.46. The van der Waals surface area contributed by atoms with Crippen LogP contribution in [0.4, 0.5) is 5.69 Å². The fourth-order valence-electron chi connectivity index (χ4n) is 2.89. The predicted molar refractivity (Wildman–Crippen MR) is 86.6 cm³/mol. The molecule has 1 aliphatic rings. The summed E-state index contributed by atoms with van der Waals surface area (Å²) < 4.78 is 0.978. The lowest BCUT2D eigenvalue weighted by atomic mass is 9.77. The van der Waals surface area contributed by atoms with Crippen LogP contribution in [0, 0.1) is 0 Å². The number of carbonyl (C=O) groups is 1. The van der Waals surface area contributed by atoms with Gasteiger partial charge in [-0.1, -0.05) is 40.2 Å². The van der Waals surface area contributed by atoms with E-state index in [2.05, 4.69) is 27.3 Å². The highest BCUT2D eigenvalue weighted by Crippen LogP contribution is 2.32. The molecule has 0 saturated carbocycles. The van der Waals surface area contributed by atoms with Gasteiger partial charge in [0.1, 0.15) is 5.54 Å². The van der Waals surface area contributed by atoms with E-state index in [9.17, 15) is 9.90 Å². The third kappa shape index (κ3) is 2.81. The highest BCUT2D eigenvalue weighted by molar-refractivity contribution is 9.10. The van der Waals surface area contributed by atoms with Crippen molar-refractivity contribution in [3.8, 4) is 0 Å². The lowest BCUT2D eigenvalue weighted by molar-refractivity contribution is -0.142. The number of carboxylic acids is 1. The summed E-state index contributed by atoms with van der Waals surface area (Å²) in [5.41, 5.74) is 2.28. The molecular weight excluding hydrogens is 330 g/mol. The molecule has 0 bridgehead atoms. The largest absolute Gasteiger partial charge is 0.479 e. The Morgan fingerprint density at radius 3 is 2.43 bits per heavy atom. The standard InChI is InChI=1S/C17H16BrNO2/c18-14-5-7-15(8-6-14)19-17(16(20)21)10-9-12-3-1-2-4-13(12)11-17/h1-8,19H,9-11H2,(H,20,21). The molecule has 2 aromatic carbocycles. The van der Waals surface area contributed by atoms with Gasteiger partial charge in [0.05, 0.1) is 0 Å². The van der Waals surface area contributed by atoms with Crippen LogP contribution >= 0.6 is 15.9 Å². The number of benzene rings is 2. The molecule has 0 amide bonds. The van der Waals surface area contributed by atoms with Crippen molar-refractivity contribution in [2.75, 3.05) is 5.32 Å². The molecule has 2 aromatic rings.